The molecule has 2 amide bonds. The molecule has 0 saturated carbocycles. The van der Waals surface area contributed by atoms with E-state index in [1.807, 2.05) is 44.2 Å². The molecule has 0 unspecified atom stereocenters. The van der Waals surface area contributed by atoms with E-state index < -0.39 is 17.8 Å². The molecule has 0 aliphatic rings. The van der Waals surface area contributed by atoms with E-state index in [0.29, 0.717) is 17.3 Å². The van der Waals surface area contributed by atoms with Crippen LogP contribution in [-0.2, 0) is 12.7 Å². The van der Waals surface area contributed by atoms with Gasteiger partial charge in [-0.2, -0.15) is 13.2 Å². The lowest BCUT2D eigenvalue weighted by atomic mass is 10.1. The number of pyridine rings is 1. The summed E-state index contributed by atoms with van der Waals surface area (Å²) >= 11 is 6.33. The minimum atomic E-state index is -4.42. The molecule has 0 radical (unpaired) electrons. The van der Waals surface area contributed by atoms with Gasteiger partial charge in [0.05, 0.1) is 17.6 Å². The minimum Gasteiger partial charge on any atom is -0.320 e. The maximum absolute atomic E-state index is 12.8. The minimum absolute atomic E-state index is 0.176. The first-order chi connectivity index (χ1) is 14.1. The van der Waals surface area contributed by atoms with E-state index in [4.69, 9.17) is 11.6 Å². The average Bonchev–Trinajstić information content (AvgIpc) is 2.67. The van der Waals surface area contributed by atoms with E-state index in [-0.39, 0.29) is 18.2 Å². The summed E-state index contributed by atoms with van der Waals surface area (Å²) in [6.07, 6.45) is -4.42. The molecular weight excluding hydrogens is 415 g/mol. The molecule has 1 heterocycles. The van der Waals surface area contributed by atoms with Crippen LogP contribution in [0.15, 0.2) is 54.6 Å². The highest BCUT2D eigenvalue weighted by Gasteiger charge is 2.30. The van der Waals surface area contributed by atoms with Crippen molar-refractivity contribution in [2.45, 2.75) is 26.6 Å². The molecule has 0 saturated heterocycles. The van der Waals surface area contributed by atoms with Crippen molar-refractivity contribution < 1.29 is 18.0 Å². The Balaban J connectivity index is 1.80. The fourth-order valence-corrected chi connectivity index (χ4v) is 3.26. The smallest absolute Gasteiger partial charge is 0.320 e. The summed E-state index contributed by atoms with van der Waals surface area (Å²) in [6.45, 7) is 4.61. The molecule has 2 aromatic carbocycles. The van der Waals surface area contributed by atoms with Gasteiger partial charge in [-0.3, -0.25) is 0 Å². The number of benzene rings is 2. The number of fused-ring (bicyclic) bond motifs is 1. The van der Waals surface area contributed by atoms with Gasteiger partial charge < -0.3 is 10.2 Å². The number of urea groups is 1. The summed E-state index contributed by atoms with van der Waals surface area (Å²) < 4.78 is 38.2. The number of carbonyl (C=O) groups excluding carboxylic acids is 1. The maximum Gasteiger partial charge on any atom is 0.416 e. The lowest BCUT2D eigenvalue weighted by Crippen LogP contribution is -2.37. The van der Waals surface area contributed by atoms with Crippen LogP contribution in [0.25, 0.3) is 10.9 Å². The fraction of sp³-hybridized carbons (Fsp3) is 0.273. The van der Waals surface area contributed by atoms with Gasteiger partial charge >= 0.3 is 12.2 Å². The number of hydrogen-bond acceptors (Lipinski definition) is 2. The molecule has 3 aromatic rings. The normalized spacial score (nSPS) is 11.7. The topological polar surface area (TPSA) is 45.2 Å². The summed E-state index contributed by atoms with van der Waals surface area (Å²) in [5, 5.41) is 3.88. The highest BCUT2D eigenvalue weighted by atomic mass is 35.5. The third-order valence-corrected chi connectivity index (χ3v) is 4.77. The second-order valence-corrected chi connectivity index (χ2v) is 7.77. The zero-order valence-electron chi connectivity index (χ0n) is 16.5. The highest BCUT2D eigenvalue weighted by molar-refractivity contribution is 6.30. The number of aromatic nitrogens is 1. The van der Waals surface area contributed by atoms with E-state index in [9.17, 15) is 18.0 Å². The van der Waals surface area contributed by atoms with Crippen LogP contribution < -0.4 is 5.32 Å². The molecule has 1 N–H and O–H groups in total. The number of halogens is 4. The van der Waals surface area contributed by atoms with Gasteiger partial charge in [-0.25, -0.2) is 9.78 Å². The third-order valence-electron chi connectivity index (χ3n) is 4.45. The fourth-order valence-electron chi connectivity index (χ4n) is 3.06. The second-order valence-electron chi connectivity index (χ2n) is 7.41. The van der Waals surface area contributed by atoms with Gasteiger partial charge in [-0.05, 0) is 42.3 Å². The van der Waals surface area contributed by atoms with Crippen molar-refractivity contribution in [1.82, 2.24) is 9.88 Å². The van der Waals surface area contributed by atoms with Crippen molar-refractivity contribution in [3.05, 3.63) is 70.9 Å². The quantitative estimate of drug-likeness (QED) is 0.459. The molecule has 8 heteroatoms. The number of amides is 2. The van der Waals surface area contributed by atoms with Gasteiger partial charge in [0, 0.05) is 23.2 Å². The number of nitrogens with one attached hydrogen (secondary N) is 1. The van der Waals surface area contributed by atoms with E-state index in [0.717, 1.165) is 23.0 Å². The zero-order chi connectivity index (χ0) is 21.9. The molecule has 0 aliphatic heterocycles. The lowest BCUT2D eigenvalue weighted by molar-refractivity contribution is -0.137. The number of hydrogen-bond donors (Lipinski definition) is 1. The summed E-state index contributed by atoms with van der Waals surface area (Å²) in [7, 11) is 0. The van der Waals surface area contributed by atoms with Gasteiger partial charge in [0.1, 0.15) is 5.15 Å². The average molecular weight is 436 g/mol. The molecule has 0 atom stereocenters. The van der Waals surface area contributed by atoms with E-state index in [1.54, 1.807) is 4.90 Å². The molecular formula is C22H21ClF3N3O. The molecule has 3 rings (SSSR count). The predicted molar refractivity (Wildman–Crippen MR) is 112 cm³/mol. The number of rotatable bonds is 5. The van der Waals surface area contributed by atoms with Crippen LogP contribution in [0.5, 0.6) is 0 Å². The first kappa shape index (κ1) is 21.9. The summed E-state index contributed by atoms with van der Waals surface area (Å²) in [5.74, 6) is 0.176. The van der Waals surface area contributed by atoms with E-state index in [2.05, 4.69) is 10.3 Å². The summed E-state index contributed by atoms with van der Waals surface area (Å²) in [4.78, 5) is 18.8. The number of nitrogens with zero attached hydrogens (tertiary/aromatic N) is 2. The van der Waals surface area contributed by atoms with Crippen LogP contribution in [0.3, 0.4) is 0 Å². The molecule has 0 fully saturated rings. The Hall–Kier alpha value is -2.80. The molecule has 0 aliphatic carbocycles. The monoisotopic (exact) mass is 435 g/mol. The third kappa shape index (κ3) is 5.42. The zero-order valence-corrected chi connectivity index (χ0v) is 17.3. The summed E-state index contributed by atoms with van der Waals surface area (Å²) in [5.41, 5.74) is 0.965. The molecule has 30 heavy (non-hydrogen) atoms. The molecule has 4 nitrogen and oxygen atoms in total. The van der Waals surface area contributed by atoms with Gasteiger partial charge in [-0.1, -0.05) is 43.6 Å². The van der Waals surface area contributed by atoms with Gasteiger partial charge in [0.25, 0.3) is 0 Å². The van der Waals surface area contributed by atoms with Crippen molar-refractivity contribution in [1.29, 1.82) is 0 Å². The van der Waals surface area contributed by atoms with Crippen molar-refractivity contribution in [2.24, 2.45) is 5.92 Å². The highest BCUT2D eigenvalue weighted by Crippen LogP contribution is 2.30. The van der Waals surface area contributed by atoms with E-state index in [1.165, 1.54) is 12.1 Å². The van der Waals surface area contributed by atoms with Crippen LogP contribution in [-0.4, -0.2) is 22.5 Å². The van der Waals surface area contributed by atoms with Crippen LogP contribution in [0.4, 0.5) is 23.7 Å². The maximum atomic E-state index is 12.8. The van der Waals surface area contributed by atoms with Crippen LogP contribution in [0.2, 0.25) is 5.15 Å². The Kier molecular flexibility index (Phi) is 6.51. The van der Waals surface area contributed by atoms with Crippen LogP contribution in [0.1, 0.15) is 25.0 Å². The standard InChI is InChI=1S/C22H21ClF3N3O/c1-14(2)12-29(13-16-11-15-5-3-4-6-19(15)28-20(16)23)21(30)27-18-9-7-17(8-10-18)22(24,25)26/h3-11,14H,12-13H2,1-2H3,(H,27,30). The lowest BCUT2D eigenvalue weighted by Gasteiger charge is -2.25. The largest absolute Gasteiger partial charge is 0.416 e. The van der Waals surface area contributed by atoms with Crippen molar-refractivity contribution in [2.75, 3.05) is 11.9 Å². The summed E-state index contributed by atoms with van der Waals surface area (Å²) in [6, 6.07) is 13.3. The van der Waals surface area contributed by atoms with Crippen molar-refractivity contribution >= 4 is 34.2 Å². The Morgan fingerprint density at radius 3 is 2.43 bits per heavy atom. The van der Waals surface area contributed by atoms with Crippen molar-refractivity contribution in [3.8, 4) is 0 Å². The predicted octanol–water partition coefficient (Wildman–Crippen LogP) is 6.60. The molecule has 0 bridgehead atoms. The Morgan fingerprint density at radius 2 is 1.80 bits per heavy atom. The van der Waals surface area contributed by atoms with Gasteiger partial charge in [0.2, 0.25) is 0 Å². The van der Waals surface area contributed by atoms with Gasteiger partial charge in [-0.15, -0.1) is 0 Å². The Bertz CT molecular complexity index is 1040. The molecule has 1 aromatic heterocycles. The van der Waals surface area contributed by atoms with E-state index >= 15 is 0 Å². The SMILES string of the molecule is CC(C)CN(Cc1cc2ccccc2nc1Cl)C(=O)Nc1ccc(C(F)(F)F)cc1. The molecule has 158 valence electrons. The van der Waals surface area contributed by atoms with Crippen LogP contribution in [0, 0.1) is 5.92 Å². The van der Waals surface area contributed by atoms with Crippen molar-refractivity contribution in [3.63, 3.8) is 0 Å². The van der Waals surface area contributed by atoms with Crippen LogP contribution >= 0.6 is 11.6 Å². The first-order valence-corrected chi connectivity index (χ1v) is 9.78. The Morgan fingerprint density at radius 1 is 1.13 bits per heavy atom. The molecule has 0 spiro atoms. The second kappa shape index (κ2) is 8.92. The Labute approximate surface area is 177 Å². The first-order valence-electron chi connectivity index (χ1n) is 9.41. The number of anilines is 1. The van der Waals surface area contributed by atoms with Gasteiger partial charge in [0.15, 0.2) is 0 Å². The number of para-hydroxylation sites is 1. The number of alkyl halides is 3. The number of carbonyl (C=O) groups is 1.